The molecule has 1 N–H and O–H groups in total. The summed E-state index contributed by atoms with van der Waals surface area (Å²) in [4.78, 5) is 65.2. The molecule has 0 unspecified atom stereocenters. The molecule has 1 aliphatic heterocycles. The Morgan fingerprint density at radius 2 is 1.26 bits per heavy atom. The Bertz CT molecular complexity index is 1430. The number of rotatable bonds is 6. The van der Waals surface area contributed by atoms with Crippen molar-refractivity contribution in [2.45, 2.75) is 31.7 Å². The first-order valence-corrected chi connectivity index (χ1v) is 12.9. The van der Waals surface area contributed by atoms with E-state index >= 15 is 0 Å². The molecule has 1 heterocycles. The quantitative estimate of drug-likeness (QED) is 0.301. The molecule has 8 heteroatoms. The van der Waals surface area contributed by atoms with Crippen LogP contribution in [0, 0.1) is 11.8 Å². The van der Waals surface area contributed by atoms with Gasteiger partial charge in [-0.25, -0.2) is 4.79 Å². The molecule has 3 atom stereocenters. The number of esters is 1. The van der Waals surface area contributed by atoms with Crippen molar-refractivity contribution in [3.05, 3.63) is 101 Å². The van der Waals surface area contributed by atoms with Gasteiger partial charge in [0, 0.05) is 23.1 Å². The first kappa shape index (κ1) is 24.7. The van der Waals surface area contributed by atoms with E-state index in [0.717, 1.165) is 27.2 Å². The molecule has 3 aliphatic carbocycles. The fourth-order valence-corrected chi connectivity index (χ4v) is 6.43. The van der Waals surface area contributed by atoms with Crippen molar-refractivity contribution in [1.29, 1.82) is 0 Å². The van der Waals surface area contributed by atoms with E-state index in [2.05, 4.69) is 5.32 Å². The normalized spacial score (nSPS) is 23.0. The van der Waals surface area contributed by atoms with E-state index in [1.54, 1.807) is 24.3 Å². The van der Waals surface area contributed by atoms with Crippen LogP contribution >= 0.6 is 0 Å². The average Bonchev–Trinajstić information content (AvgIpc) is 3.21. The zero-order valence-electron chi connectivity index (χ0n) is 21.4. The van der Waals surface area contributed by atoms with Gasteiger partial charge in [0.05, 0.1) is 11.8 Å². The van der Waals surface area contributed by atoms with Crippen molar-refractivity contribution in [3.8, 4) is 0 Å². The number of Topliss-reactive ketones (excluding diaryl/α,β-unsaturated/α-hetero) is 1. The first-order valence-electron chi connectivity index (χ1n) is 12.9. The van der Waals surface area contributed by atoms with Crippen molar-refractivity contribution < 1.29 is 28.7 Å². The van der Waals surface area contributed by atoms with Crippen LogP contribution in [0.25, 0.3) is 0 Å². The molecule has 39 heavy (non-hydrogen) atoms. The Labute approximate surface area is 225 Å². The average molecular weight is 523 g/mol. The fourth-order valence-electron chi connectivity index (χ4n) is 6.43. The van der Waals surface area contributed by atoms with Gasteiger partial charge in [0.15, 0.2) is 12.4 Å². The summed E-state index contributed by atoms with van der Waals surface area (Å²) < 4.78 is 5.20. The van der Waals surface area contributed by atoms with Crippen LogP contribution in [-0.4, -0.2) is 47.0 Å². The van der Waals surface area contributed by atoms with Crippen LogP contribution in [-0.2, 0) is 23.9 Å². The number of nitrogens with one attached hydrogen (secondary N) is 1. The lowest BCUT2D eigenvalue weighted by atomic mass is 9.55. The molecule has 0 saturated carbocycles. The maximum atomic E-state index is 13.8. The molecule has 3 aromatic rings. The number of amides is 3. The lowest BCUT2D eigenvalue weighted by Gasteiger charge is -2.45. The summed E-state index contributed by atoms with van der Waals surface area (Å²) in [6.45, 7) is 2.32. The summed E-state index contributed by atoms with van der Waals surface area (Å²) in [6.07, 6.45) is 0. The van der Waals surface area contributed by atoms with Gasteiger partial charge in [-0.15, -0.1) is 0 Å². The van der Waals surface area contributed by atoms with E-state index in [-0.39, 0.29) is 29.4 Å². The van der Waals surface area contributed by atoms with Gasteiger partial charge in [0.2, 0.25) is 11.8 Å². The van der Waals surface area contributed by atoms with Gasteiger partial charge in [-0.05, 0) is 60.4 Å². The van der Waals surface area contributed by atoms with Gasteiger partial charge in [-0.1, -0.05) is 48.5 Å². The highest BCUT2D eigenvalue weighted by molar-refractivity contribution is 6.10. The van der Waals surface area contributed by atoms with E-state index in [9.17, 15) is 24.0 Å². The largest absolute Gasteiger partial charge is 0.454 e. The predicted octanol–water partition coefficient (Wildman–Crippen LogP) is 3.65. The zero-order valence-corrected chi connectivity index (χ0v) is 21.4. The third-order valence-corrected chi connectivity index (χ3v) is 8.13. The number of carbonyl (C=O) groups excluding carboxylic acids is 5. The minimum atomic E-state index is -1.18. The molecule has 0 spiro atoms. The Kier molecular flexibility index (Phi) is 5.90. The van der Waals surface area contributed by atoms with Crippen molar-refractivity contribution >= 4 is 35.2 Å². The van der Waals surface area contributed by atoms with Gasteiger partial charge in [0.1, 0.15) is 6.04 Å². The maximum Gasteiger partial charge on any atom is 0.329 e. The maximum absolute atomic E-state index is 13.8. The number of hydrogen-bond donors (Lipinski definition) is 1. The first-order chi connectivity index (χ1) is 18.8. The van der Waals surface area contributed by atoms with Crippen LogP contribution in [0.3, 0.4) is 0 Å². The number of anilines is 1. The summed E-state index contributed by atoms with van der Waals surface area (Å²) in [5, 5.41) is 2.60. The van der Waals surface area contributed by atoms with E-state index in [0.29, 0.717) is 11.3 Å². The van der Waals surface area contributed by atoms with Crippen LogP contribution in [0.2, 0.25) is 0 Å². The second-order valence-corrected chi connectivity index (χ2v) is 10.3. The van der Waals surface area contributed by atoms with Gasteiger partial charge in [-0.2, -0.15) is 0 Å². The number of carbonyl (C=O) groups is 5. The van der Waals surface area contributed by atoms with Crippen LogP contribution in [0.15, 0.2) is 72.8 Å². The highest BCUT2D eigenvalue weighted by Gasteiger charge is 2.62. The molecular weight excluding hydrogens is 496 g/mol. The van der Waals surface area contributed by atoms with Crippen LogP contribution in [0.5, 0.6) is 0 Å². The molecular formula is C31H26N2O6. The lowest BCUT2D eigenvalue weighted by Crippen LogP contribution is -2.45. The smallest absolute Gasteiger partial charge is 0.329 e. The monoisotopic (exact) mass is 522 g/mol. The number of likely N-dealkylation sites (tertiary alicyclic amines) is 1. The number of benzene rings is 3. The lowest BCUT2D eigenvalue weighted by molar-refractivity contribution is -0.159. The molecule has 0 aromatic heterocycles. The summed E-state index contributed by atoms with van der Waals surface area (Å²) in [7, 11) is 0. The molecule has 8 nitrogen and oxygen atoms in total. The van der Waals surface area contributed by atoms with Crippen LogP contribution in [0.1, 0.15) is 58.3 Å². The second-order valence-electron chi connectivity index (χ2n) is 10.3. The highest BCUT2D eigenvalue weighted by atomic mass is 16.5. The zero-order chi connectivity index (χ0) is 27.4. The summed E-state index contributed by atoms with van der Waals surface area (Å²) in [5.74, 6) is -4.00. The molecule has 4 aliphatic rings. The Hall–Kier alpha value is -4.59. The fraction of sp³-hybridized carbons (Fsp3) is 0.258. The topological polar surface area (TPSA) is 110 Å². The predicted molar refractivity (Wildman–Crippen MR) is 141 cm³/mol. The molecule has 0 radical (unpaired) electrons. The number of hydrogen-bond acceptors (Lipinski definition) is 6. The van der Waals surface area contributed by atoms with E-state index < -0.39 is 36.4 Å². The SMILES string of the molecule is CC(=O)c1ccc(NC(=O)COC(=O)[C@H](C)N2C(=O)[C@@H]3C4c5ccccc5C(c5ccccc54)[C@@H]3C2=O)cc1. The van der Waals surface area contributed by atoms with Gasteiger partial charge < -0.3 is 10.1 Å². The Morgan fingerprint density at radius 3 is 1.69 bits per heavy atom. The summed E-state index contributed by atoms with van der Waals surface area (Å²) in [6, 6.07) is 21.0. The van der Waals surface area contributed by atoms with Gasteiger partial charge in [-0.3, -0.25) is 24.1 Å². The third-order valence-electron chi connectivity index (χ3n) is 8.13. The molecule has 3 aromatic carbocycles. The van der Waals surface area contributed by atoms with Gasteiger partial charge >= 0.3 is 5.97 Å². The Morgan fingerprint density at radius 1 is 0.795 bits per heavy atom. The molecule has 3 amide bonds. The van der Waals surface area contributed by atoms with Gasteiger partial charge in [0.25, 0.3) is 5.91 Å². The number of nitrogens with zero attached hydrogens (tertiary/aromatic N) is 1. The highest BCUT2D eigenvalue weighted by Crippen LogP contribution is 2.61. The minimum absolute atomic E-state index is 0.0950. The molecule has 196 valence electrons. The number of ether oxygens (including phenoxy) is 1. The van der Waals surface area contributed by atoms with E-state index in [1.165, 1.54) is 13.8 Å². The minimum Gasteiger partial charge on any atom is -0.454 e. The van der Waals surface area contributed by atoms with Crippen molar-refractivity contribution in [3.63, 3.8) is 0 Å². The summed E-state index contributed by atoms with van der Waals surface area (Å²) >= 11 is 0. The van der Waals surface area contributed by atoms with E-state index in [1.807, 2.05) is 48.5 Å². The van der Waals surface area contributed by atoms with Crippen LogP contribution < -0.4 is 5.32 Å². The van der Waals surface area contributed by atoms with Crippen molar-refractivity contribution in [2.24, 2.45) is 11.8 Å². The molecule has 7 rings (SSSR count). The van der Waals surface area contributed by atoms with E-state index in [4.69, 9.17) is 4.74 Å². The van der Waals surface area contributed by atoms with Crippen LogP contribution in [0.4, 0.5) is 5.69 Å². The third kappa shape index (κ3) is 3.86. The molecule has 1 saturated heterocycles. The van der Waals surface area contributed by atoms with Crippen molar-refractivity contribution in [2.75, 3.05) is 11.9 Å². The Balaban J connectivity index is 1.18. The summed E-state index contributed by atoms with van der Waals surface area (Å²) in [5.41, 5.74) is 5.15. The standard InChI is InChI=1S/C31H26N2O6/c1-16(31(38)39-15-24(35)32-19-13-11-18(12-14-19)17(2)34)33-29(36)27-25-20-7-3-4-8-21(20)26(28(27)30(33)37)23-10-6-5-9-22(23)25/h3-14,16,25-28H,15H2,1-2H3,(H,32,35)/t16-,25?,26?,27-,28+/m0/s1. The molecule has 2 bridgehead atoms. The number of imide groups is 1. The van der Waals surface area contributed by atoms with Crippen molar-refractivity contribution in [1.82, 2.24) is 4.90 Å². The second kappa shape index (κ2) is 9.31. The molecule has 1 fully saturated rings. The number of ketones is 1.